The summed E-state index contributed by atoms with van der Waals surface area (Å²) in [5.74, 6) is 0.507. The monoisotopic (exact) mass is 197 g/mol. The van der Waals surface area contributed by atoms with E-state index in [0.717, 1.165) is 12.8 Å². The van der Waals surface area contributed by atoms with Crippen LogP contribution in [0.15, 0.2) is 4.99 Å². The van der Waals surface area contributed by atoms with E-state index in [9.17, 15) is 4.79 Å². The standard InChI is InChI=1S/C9H15N3O2/c1-5-3-4-6(14-5)7-8(13)12-9(10-2)11-7/h5-7H,3-4H2,1-2H3,(H2,10,11,12,13). The van der Waals surface area contributed by atoms with Gasteiger partial charge in [-0.1, -0.05) is 0 Å². The summed E-state index contributed by atoms with van der Waals surface area (Å²) in [7, 11) is 1.64. The van der Waals surface area contributed by atoms with Crippen LogP contribution in [0.4, 0.5) is 0 Å². The van der Waals surface area contributed by atoms with Crippen molar-refractivity contribution in [2.75, 3.05) is 7.05 Å². The van der Waals surface area contributed by atoms with Crippen LogP contribution < -0.4 is 10.6 Å². The lowest BCUT2D eigenvalue weighted by Crippen LogP contribution is -2.40. The summed E-state index contributed by atoms with van der Waals surface area (Å²) in [6.07, 6.45) is 2.21. The second kappa shape index (κ2) is 3.57. The van der Waals surface area contributed by atoms with Crippen LogP contribution in [0.5, 0.6) is 0 Å². The third-order valence-corrected chi connectivity index (χ3v) is 2.68. The molecule has 2 aliphatic rings. The SMILES string of the molecule is CN=C1NC(=O)C(C2CCC(C)O2)N1. The number of carbonyl (C=O) groups excluding carboxylic acids is 1. The highest BCUT2D eigenvalue weighted by Gasteiger charge is 2.38. The largest absolute Gasteiger partial charge is 0.373 e. The fourth-order valence-electron chi connectivity index (χ4n) is 1.90. The highest BCUT2D eigenvalue weighted by Crippen LogP contribution is 2.22. The van der Waals surface area contributed by atoms with Gasteiger partial charge in [0.1, 0.15) is 6.04 Å². The Morgan fingerprint density at radius 1 is 1.50 bits per heavy atom. The predicted molar refractivity (Wildman–Crippen MR) is 52.0 cm³/mol. The fraction of sp³-hybridized carbons (Fsp3) is 0.778. The third-order valence-electron chi connectivity index (χ3n) is 2.68. The molecule has 0 aliphatic carbocycles. The molecule has 0 aromatic heterocycles. The number of rotatable bonds is 1. The minimum Gasteiger partial charge on any atom is -0.373 e. The molecule has 78 valence electrons. The lowest BCUT2D eigenvalue weighted by Gasteiger charge is -2.16. The van der Waals surface area contributed by atoms with E-state index in [1.807, 2.05) is 6.92 Å². The average Bonchev–Trinajstić information content (AvgIpc) is 2.71. The topological polar surface area (TPSA) is 62.7 Å². The second-order valence-corrected chi connectivity index (χ2v) is 3.75. The summed E-state index contributed by atoms with van der Waals surface area (Å²) >= 11 is 0. The summed E-state index contributed by atoms with van der Waals surface area (Å²) in [6.45, 7) is 2.03. The molecule has 3 atom stereocenters. The lowest BCUT2D eigenvalue weighted by atomic mass is 10.1. The molecule has 0 aromatic rings. The molecule has 2 N–H and O–H groups in total. The predicted octanol–water partition coefficient (Wildman–Crippen LogP) is -0.372. The number of guanidine groups is 1. The van der Waals surface area contributed by atoms with Crippen molar-refractivity contribution in [3.8, 4) is 0 Å². The number of hydrogen-bond donors (Lipinski definition) is 2. The van der Waals surface area contributed by atoms with Crippen molar-refractivity contribution in [1.82, 2.24) is 10.6 Å². The Morgan fingerprint density at radius 3 is 2.79 bits per heavy atom. The fourth-order valence-corrected chi connectivity index (χ4v) is 1.90. The molecule has 0 spiro atoms. The maximum absolute atomic E-state index is 11.5. The number of ether oxygens (including phenoxy) is 1. The lowest BCUT2D eigenvalue weighted by molar-refractivity contribution is -0.123. The van der Waals surface area contributed by atoms with Crippen LogP contribution in [0, 0.1) is 0 Å². The van der Waals surface area contributed by atoms with Gasteiger partial charge in [0.2, 0.25) is 0 Å². The van der Waals surface area contributed by atoms with E-state index in [4.69, 9.17) is 4.74 Å². The molecule has 1 amide bonds. The Hall–Kier alpha value is -1.10. The Kier molecular flexibility index (Phi) is 2.41. The van der Waals surface area contributed by atoms with Gasteiger partial charge in [-0.3, -0.25) is 15.1 Å². The van der Waals surface area contributed by atoms with Crippen LogP contribution in [0.25, 0.3) is 0 Å². The van der Waals surface area contributed by atoms with Gasteiger partial charge in [-0.25, -0.2) is 0 Å². The van der Waals surface area contributed by atoms with E-state index in [1.165, 1.54) is 0 Å². The van der Waals surface area contributed by atoms with Crippen LogP contribution in [0.3, 0.4) is 0 Å². The maximum atomic E-state index is 11.5. The average molecular weight is 197 g/mol. The Labute approximate surface area is 82.9 Å². The zero-order valence-electron chi connectivity index (χ0n) is 8.41. The van der Waals surface area contributed by atoms with Crippen molar-refractivity contribution in [2.45, 2.75) is 38.0 Å². The molecular formula is C9H15N3O2. The first-order valence-electron chi connectivity index (χ1n) is 4.90. The summed E-state index contributed by atoms with van der Waals surface area (Å²) in [6, 6.07) is -0.265. The Balaban J connectivity index is 2.02. The van der Waals surface area contributed by atoms with Crippen molar-refractivity contribution in [3.63, 3.8) is 0 Å². The highest BCUT2D eigenvalue weighted by molar-refractivity contribution is 6.06. The quantitative estimate of drug-likeness (QED) is 0.602. The van der Waals surface area contributed by atoms with Crippen molar-refractivity contribution in [3.05, 3.63) is 0 Å². The minimum absolute atomic E-state index is 0.00995. The van der Waals surface area contributed by atoms with Crippen molar-refractivity contribution in [1.29, 1.82) is 0 Å². The maximum Gasteiger partial charge on any atom is 0.251 e. The van der Waals surface area contributed by atoms with E-state index >= 15 is 0 Å². The number of aliphatic imine (C=N–C) groups is 1. The van der Waals surface area contributed by atoms with Gasteiger partial charge in [0.15, 0.2) is 5.96 Å². The molecule has 14 heavy (non-hydrogen) atoms. The number of carbonyl (C=O) groups is 1. The first-order chi connectivity index (χ1) is 6.70. The van der Waals surface area contributed by atoms with E-state index in [-0.39, 0.29) is 24.2 Å². The van der Waals surface area contributed by atoms with Gasteiger partial charge in [-0.2, -0.15) is 0 Å². The van der Waals surface area contributed by atoms with Crippen LogP contribution in [0.1, 0.15) is 19.8 Å². The highest BCUT2D eigenvalue weighted by atomic mass is 16.5. The van der Waals surface area contributed by atoms with Crippen molar-refractivity contribution < 1.29 is 9.53 Å². The molecule has 0 saturated carbocycles. The molecule has 2 fully saturated rings. The van der Waals surface area contributed by atoms with E-state index in [0.29, 0.717) is 5.96 Å². The summed E-state index contributed by atoms with van der Waals surface area (Å²) in [5, 5.41) is 5.68. The molecule has 3 unspecified atom stereocenters. The van der Waals surface area contributed by atoms with Crippen LogP contribution in [-0.2, 0) is 9.53 Å². The molecule has 0 radical (unpaired) electrons. The smallest absolute Gasteiger partial charge is 0.251 e. The molecule has 2 rings (SSSR count). The number of nitrogens with one attached hydrogen (secondary N) is 2. The Morgan fingerprint density at radius 2 is 2.29 bits per heavy atom. The van der Waals surface area contributed by atoms with Gasteiger partial charge in [-0.05, 0) is 19.8 Å². The van der Waals surface area contributed by atoms with E-state index in [1.54, 1.807) is 7.05 Å². The van der Waals surface area contributed by atoms with Crippen LogP contribution in [0.2, 0.25) is 0 Å². The molecule has 0 bridgehead atoms. The molecule has 2 saturated heterocycles. The van der Waals surface area contributed by atoms with Gasteiger partial charge in [0.05, 0.1) is 12.2 Å². The second-order valence-electron chi connectivity index (χ2n) is 3.75. The van der Waals surface area contributed by atoms with Gasteiger partial charge in [0.25, 0.3) is 5.91 Å². The zero-order chi connectivity index (χ0) is 10.1. The molecular weight excluding hydrogens is 182 g/mol. The van der Waals surface area contributed by atoms with Crippen molar-refractivity contribution in [2.24, 2.45) is 4.99 Å². The minimum atomic E-state index is -0.265. The summed E-state index contributed by atoms with van der Waals surface area (Å²) in [4.78, 5) is 15.4. The van der Waals surface area contributed by atoms with Crippen LogP contribution >= 0.6 is 0 Å². The third kappa shape index (κ3) is 1.59. The first-order valence-corrected chi connectivity index (χ1v) is 4.90. The number of hydrogen-bond acceptors (Lipinski definition) is 3. The summed E-state index contributed by atoms with van der Waals surface area (Å²) < 4.78 is 5.63. The normalized spacial score (nSPS) is 40.0. The number of amides is 1. The zero-order valence-corrected chi connectivity index (χ0v) is 8.41. The molecule has 2 aliphatic heterocycles. The van der Waals surface area contributed by atoms with E-state index < -0.39 is 0 Å². The molecule has 0 aromatic carbocycles. The first kappa shape index (κ1) is 9.45. The molecule has 5 nitrogen and oxygen atoms in total. The van der Waals surface area contributed by atoms with Gasteiger partial charge in [0, 0.05) is 7.05 Å². The summed E-state index contributed by atoms with van der Waals surface area (Å²) in [5.41, 5.74) is 0. The Bertz CT molecular complexity index is 277. The number of nitrogens with zero attached hydrogens (tertiary/aromatic N) is 1. The molecule has 5 heteroatoms. The van der Waals surface area contributed by atoms with Gasteiger partial charge in [-0.15, -0.1) is 0 Å². The van der Waals surface area contributed by atoms with Crippen LogP contribution in [-0.4, -0.2) is 37.2 Å². The van der Waals surface area contributed by atoms with Crippen molar-refractivity contribution >= 4 is 11.9 Å². The molecule has 2 heterocycles. The van der Waals surface area contributed by atoms with E-state index in [2.05, 4.69) is 15.6 Å². The van der Waals surface area contributed by atoms with Gasteiger partial charge >= 0.3 is 0 Å². The van der Waals surface area contributed by atoms with Gasteiger partial charge < -0.3 is 10.1 Å².